The largest absolute Gasteiger partial charge is 0.394 e. The summed E-state index contributed by atoms with van der Waals surface area (Å²) in [5.74, 6) is 1.52. The Hall–Kier alpha value is -0.120. The van der Waals surface area contributed by atoms with E-state index < -0.39 is 0 Å². The molecule has 0 radical (unpaired) electrons. The van der Waals surface area contributed by atoms with Crippen LogP contribution < -0.4 is 0 Å². The fraction of sp³-hybridized carbons (Fsp3) is 1.00. The minimum atomic E-state index is 0.0935. The Morgan fingerprint density at radius 1 is 1.18 bits per heavy atom. The first-order chi connectivity index (χ1) is 8.04. The molecule has 3 atom stereocenters. The smallest absolute Gasteiger partial charge is 0.0774 e. The van der Waals surface area contributed by atoms with Crippen molar-refractivity contribution in [1.82, 2.24) is 0 Å². The summed E-state index contributed by atoms with van der Waals surface area (Å²) in [4.78, 5) is 0. The van der Waals surface area contributed by atoms with Gasteiger partial charge < -0.3 is 14.6 Å². The maximum absolute atomic E-state index is 8.63. The minimum absolute atomic E-state index is 0.0935. The van der Waals surface area contributed by atoms with E-state index in [1.165, 1.54) is 19.3 Å². The highest BCUT2D eigenvalue weighted by atomic mass is 16.5. The van der Waals surface area contributed by atoms with E-state index in [1.807, 2.05) is 0 Å². The zero-order valence-corrected chi connectivity index (χ0v) is 11.4. The van der Waals surface area contributed by atoms with Gasteiger partial charge in [0.05, 0.1) is 32.0 Å². The summed E-state index contributed by atoms with van der Waals surface area (Å²) in [6, 6.07) is 0. The van der Waals surface area contributed by atoms with Crippen LogP contribution in [0, 0.1) is 17.3 Å². The van der Waals surface area contributed by atoms with Crippen LogP contribution in [0.25, 0.3) is 0 Å². The van der Waals surface area contributed by atoms with Gasteiger partial charge in [0.15, 0.2) is 0 Å². The molecule has 0 aliphatic heterocycles. The van der Waals surface area contributed by atoms with Crippen molar-refractivity contribution < 1.29 is 14.6 Å². The Balaban J connectivity index is 1.81. The van der Waals surface area contributed by atoms with Gasteiger partial charge in [-0.05, 0) is 30.1 Å². The van der Waals surface area contributed by atoms with E-state index in [1.54, 1.807) is 0 Å². The van der Waals surface area contributed by atoms with Crippen molar-refractivity contribution in [3.8, 4) is 0 Å². The Morgan fingerprint density at radius 3 is 2.65 bits per heavy atom. The second kappa shape index (κ2) is 4.87. The molecule has 1 N–H and O–H groups in total. The van der Waals surface area contributed by atoms with Crippen molar-refractivity contribution >= 4 is 0 Å². The average molecular weight is 242 g/mol. The van der Waals surface area contributed by atoms with E-state index in [4.69, 9.17) is 14.6 Å². The SMILES string of the molecule is CC1CCC2C(C)(C)C2(OCCOCCO)C1. The van der Waals surface area contributed by atoms with Gasteiger partial charge in [0.25, 0.3) is 0 Å². The molecule has 2 fully saturated rings. The maximum atomic E-state index is 8.63. The third-order valence-corrected chi connectivity index (χ3v) is 4.86. The van der Waals surface area contributed by atoms with Crippen LogP contribution in [0.4, 0.5) is 0 Å². The monoisotopic (exact) mass is 242 g/mol. The first kappa shape index (κ1) is 13.3. The fourth-order valence-corrected chi connectivity index (χ4v) is 3.79. The summed E-state index contributed by atoms with van der Waals surface area (Å²) >= 11 is 0. The van der Waals surface area contributed by atoms with Crippen molar-refractivity contribution in [2.45, 2.75) is 45.6 Å². The number of hydrogen-bond acceptors (Lipinski definition) is 3. The summed E-state index contributed by atoms with van der Waals surface area (Å²) < 4.78 is 11.4. The molecule has 3 nitrogen and oxygen atoms in total. The van der Waals surface area contributed by atoms with Crippen molar-refractivity contribution in [2.24, 2.45) is 17.3 Å². The summed E-state index contributed by atoms with van der Waals surface area (Å²) in [6.07, 6.45) is 3.86. The molecule has 0 aromatic carbocycles. The van der Waals surface area contributed by atoms with Gasteiger partial charge in [-0.3, -0.25) is 0 Å². The molecule has 0 bridgehead atoms. The van der Waals surface area contributed by atoms with E-state index in [9.17, 15) is 0 Å². The number of rotatable bonds is 6. The molecule has 0 saturated heterocycles. The van der Waals surface area contributed by atoms with Gasteiger partial charge in [0.1, 0.15) is 0 Å². The number of fused-ring (bicyclic) bond motifs is 1. The van der Waals surface area contributed by atoms with E-state index in [0.29, 0.717) is 25.2 Å². The van der Waals surface area contributed by atoms with E-state index in [-0.39, 0.29) is 12.2 Å². The molecule has 0 heterocycles. The van der Waals surface area contributed by atoms with Crippen LogP contribution in [-0.4, -0.2) is 37.1 Å². The zero-order valence-electron chi connectivity index (χ0n) is 11.4. The van der Waals surface area contributed by atoms with Gasteiger partial charge >= 0.3 is 0 Å². The normalized spacial score (nSPS) is 38.8. The highest BCUT2D eigenvalue weighted by Crippen LogP contribution is 2.70. The van der Waals surface area contributed by atoms with Gasteiger partial charge in [-0.15, -0.1) is 0 Å². The number of aliphatic hydroxyl groups excluding tert-OH is 1. The minimum Gasteiger partial charge on any atom is -0.394 e. The highest BCUT2D eigenvalue weighted by molar-refractivity contribution is 5.22. The lowest BCUT2D eigenvalue weighted by Gasteiger charge is -2.28. The van der Waals surface area contributed by atoms with Crippen molar-refractivity contribution in [2.75, 3.05) is 26.4 Å². The standard InChI is InChI=1S/C14H26O3/c1-11-4-5-12-13(2,3)14(12,10-11)17-9-8-16-7-6-15/h11-12,15H,4-10H2,1-3H3. The molecule has 2 aliphatic rings. The maximum Gasteiger partial charge on any atom is 0.0774 e. The summed E-state index contributed by atoms with van der Waals surface area (Å²) in [6.45, 7) is 8.77. The lowest BCUT2D eigenvalue weighted by molar-refractivity contribution is -0.0529. The second-order valence-electron chi connectivity index (χ2n) is 6.23. The van der Waals surface area contributed by atoms with Gasteiger partial charge in [0.2, 0.25) is 0 Å². The van der Waals surface area contributed by atoms with Crippen LogP contribution in [0.1, 0.15) is 40.0 Å². The first-order valence-corrected chi connectivity index (χ1v) is 6.87. The van der Waals surface area contributed by atoms with Crippen molar-refractivity contribution in [3.63, 3.8) is 0 Å². The molecule has 100 valence electrons. The quantitative estimate of drug-likeness (QED) is 0.726. The van der Waals surface area contributed by atoms with Crippen LogP contribution in [0.5, 0.6) is 0 Å². The first-order valence-electron chi connectivity index (χ1n) is 6.87. The summed E-state index contributed by atoms with van der Waals surface area (Å²) in [7, 11) is 0. The molecule has 0 spiro atoms. The molecular weight excluding hydrogens is 216 g/mol. The Labute approximate surface area is 104 Å². The predicted molar refractivity (Wildman–Crippen MR) is 66.9 cm³/mol. The van der Waals surface area contributed by atoms with Gasteiger partial charge in [-0.1, -0.05) is 27.2 Å². The molecular formula is C14H26O3. The Morgan fingerprint density at radius 2 is 1.94 bits per heavy atom. The van der Waals surface area contributed by atoms with E-state index in [2.05, 4.69) is 20.8 Å². The molecule has 3 heteroatoms. The summed E-state index contributed by atoms with van der Waals surface area (Å²) in [5.41, 5.74) is 0.460. The zero-order chi connectivity index (χ0) is 12.5. The number of hydrogen-bond donors (Lipinski definition) is 1. The topological polar surface area (TPSA) is 38.7 Å². The molecule has 3 unspecified atom stereocenters. The van der Waals surface area contributed by atoms with Crippen LogP contribution in [0.2, 0.25) is 0 Å². The Bertz CT molecular complexity index is 264. The lowest BCUT2D eigenvalue weighted by Crippen LogP contribution is -2.29. The molecule has 2 saturated carbocycles. The average Bonchev–Trinajstić information content (AvgIpc) is 2.74. The van der Waals surface area contributed by atoms with Crippen molar-refractivity contribution in [3.05, 3.63) is 0 Å². The highest BCUT2D eigenvalue weighted by Gasteiger charge is 2.72. The number of aliphatic hydroxyl groups is 1. The van der Waals surface area contributed by atoms with Crippen LogP contribution in [0.15, 0.2) is 0 Å². The molecule has 2 rings (SSSR count). The molecule has 0 aromatic heterocycles. The molecule has 0 amide bonds. The summed E-state index contributed by atoms with van der Waals surface area (Å²) in [5, 5.41) is 8.63. The van der Waals surface area contributed by atoms with Gasteiger partial charge in [0, 0.05) is 0 Å². The van der Waals surface area contributed by atoms with Crippen LogP contribution in [0.3, 0.4) is 0 Å². The second-order valence-corrected chi connectivity index (χ2v) is 6.23. The van der Waals surface area contributed by atoms with Crippen molar-refractivity contribution in [1.29, 1.82) is 0 Å². The van der Waals surface area contributed by atoms with Gasteiger partial charge in [-0.25, -0.2) is 0 Å². The fourth-order valence-electron chi connectivity index (χ4n) is 3.79. The van der Waals surface area contributed by atoms with E-state index in [0.717, 1.165) is 11.8 Å². The van der Waals surface area contributed by atoms with Gasteiger partial charge in [-0.2, -0.15) is 0 Å². The lowest BCUT2D eigenvalue weighted by atomic mass is 9.88. The molecule has 0 aromatic rings. The predicted octanol–water partition coefficient (Wildman–Crippen LogP) is 2.23. The number of ether oxygens (including phenoxy) is 2. The van der Waals surface area contributed by atoms with Crippen LogP contribution in [-0.2, 0) is 9.47 Å². The molecule has 2 aliphatic carbocycles. The van der Waals surface area contributed by atoms with Crippen LogP contribution >= 0.6 is 0 Å². The Kier molecular flexibility index (Phi) is 3.81. The van der Waals surface area contributed by atoms with E-state index >= 15 is 0 Å². The third kappa shape index (κ3) is 2.25. The third-order valence-electron chi connectivity index (χ3n) is 4.86. The molecule has 17 heavy (non-hydrogen) atoms.